The van der Waals surface area contributed by atoms with Crippen LogP contribution in [0.2, 0.25) is 0 Å². The predicted octanol–water partition coefficient (Wildman–Crippen LogP) is 4.85. The highest BCUT2D eigenvalue weighted by Crippen LogP contribution is 2.52. The number of rotatable bonds is 3. The highest BCUT2D eigenvalue weighted by Gasteiger charge is 2.47. The predicted molar refractivity (Wildman–Crippen MR) is 91.4 cm³/mol. The SMILES string of the molecule is O=C1O[C@](Sc2ccccc2)(c2ccccc2)c2ccccc21. The number of esters is 1. The van der Waals surface area contributed by atoms with Crippen molar-refractivity contribution in [1.29, 1.82) is 0 Å². The molecule has 0 spiro atoms. The number of ether oxygens (including phenoxy) is 1. The summed E-state index contributed by atoms with van der Waals surface area (Å²) in [5.74, 6) is -0.270. The van der Waals surface area contributed by atoms with E-state index in [0.29, 0.717) is 5.56 Å². The van der Waals surface area contributed by atoms with Gasteiger partial charge in [0.15, 0.2) is 0 Å². The number of hydrogen-bond donors (Lipinski definition) is 0. The van der Waals surface area contributed by atoms with Gasteiger partial charge in [-0.2, -0.15) is 0 Å². The van der Waals surface area contributed by atoms with Crippen molar-refractivity contribution in [2.75, 3.05) is 0 Å². The Balaban J connectivity index is 1.92. The minimum atomic E-state index is -0.837. The molecule has 3 aromatic rings. The summed E-state index contributed by atoms with van der Waals surface area (Å²) in [5.41, 5.74) is 2.51. The number of benzene rings is 3. The average Bonchev–Trinajstić information content (AvgIpc) is 2.90. The van der Waals surface area contributed by atoms with E-state index in [2.05, 4.69) is 0 Å². The van der Waals surface area contributed by atoms with Crippen LogP contribution >= 0.6 is 11.8 Å². The normalized spacial score (nSPS) is 19.2. The molecule has 4 rings (SSSR count). The molecule has 0 amide bonds. The van der Waals surface area contributed by atoms with Gasteiger partial charge >= 0.3 is 5.97 Å². The van der Waals surface area contributed by atoms with Crippen LogP contribution in [0.25, 0.3) is 0 Å². The third kappa shape index (κ3) is 2.34. The Labute approximate surface area is 139 Å². The van der Waals surface area contributed by atoms with Gasteiger partial charge in [-0.3, -0.25) is 0 Å². The summed E-state index contributed by atoms with van der Waals surface area (Å²) >= 11 is 1.56. The molecule has 0 unspecified atom stereocenters. The topological polar surface area (TPSA) is 26.3 Å². The van der Waals surface area contributed by atoms with Gasteiger partial charge in [-0.25, -0.2) is 4.79 Å². The van der Waals surface area contributed by atoms with Gasteiger partial charge in [0.05, 0.1) is 5.56 Å². The molecule has 23 heavy (non-hydrogen) atoms. The fourth-order valence-corrected chi connectivity index (χ4v) is 4.13. The largest absolute Gasteiger partial charge is 0.435 e. The first-order valence-corrected chi connectivity index (χ1v) is 8.24. The zero-order valence-electron chi connectivity index (χ0n) is 12.3. The minimum absolute atomic E-state index is 0.270. The lowest BCUT2D eigenvalue weighted by atomic mass is 9.99. The van der Waals surface area contributed by atoms with E-state index in [1.54, 1.807) is 11.8 Å². The Kier molecular flexibility index (Phi) is 3.43. The van der Waals surface area contributed by atoms with E-state index in [1.165, 1.54) is 0 Å². The molecule has 0 N–H and O–H groups in total. The molecule has 0 radical (unpaired) electrons. The Morgan fingerprint density at radius 3 is 2.09 bits per heavy atom. The van der Waals surface area contributed by atoms with Crippen molar-refractivity contribution < 1.29 is 9.53 Å². The lowest BCUT2D eigenvalue weighted by Gasteiger charge is -2.28. The molecule has 1 aliphatic heterocycles. The number of cyclic esters (lactones) is 1. The molecule has 1 aliphatic rings. The van der Waals surface area contributed by atoms with Crippen LogP contribution < -0.4 is 0 Å². The summed E-state index contributed by atoms with van der Waals surface area (Å²) in [5, 5.41) is 0. The van der Waals surface area contributed by atoms with Gasteiger partial charge in [0.2, 0.25) is 4.93 Å². The first-order valence-electron chi connectivity index (χ1n) is 7.42. The molecular formula is C20H14O2S. The van der Waals surface area contributed by atoms with Crippen LogP contribution in [0.4, 0.5) is 0 Å². The maximum Gasteiger partial charge on any atom is 0.340 e. The molecule has 0 saturated heterocycles. The highest BCUT2D eigenvalue weighted by molar-refractivity contribution is 8.00. The third-order valence-electron chi connectivity index (χ3n) is 3.90. The van der Waals surface area contributed by atoms with Gasteiger partial charge in [-0.1, -0.05) is 78.5 Å². The van der Waals surface area contributed by atoms with E-state index < -0.39 is 4.93 Å². The molecule has 2 nitrogen and oxygen atoms in total. The second-order valence-electron chi connectivity index (χ2n) is 5.33. The summed E-state index contributed by atoms with van der Waals surface area (Å²) in [6.07, 6.45) is 0. The second kappa shape index (κ2) is 5.60. The zero-order valence-corrected chi connectivity index (χ0v) is 13.1. The smallest absolute Gasteiger partial charge is 0.340 e. The van der Waals surface area contributed by atoms with Crippen LogP contribution in [0.5, 0.6) is 0 Å². The van der Waals surface area contributed by atoms with Crippen LogP contribution in [-0.4, -0.2) is 5.97 Å². The van der Waals surface area contributed by atoms with E-state index in [4.69, 9.17) is 4.74 Å². The lowest BCUT2D eigenvalue weighted by molar-refractivity contribution is 0.0384. The quantitative estimate of drug-likeness (QED) is 0.646. The van der Waals surface area contributed by atoms with Gasteiger partial charge in [-0.05, 0) is 18.2 Å². The van der Waals surface area contributed by atoms with Crippen molar-refractivity contribution in [3.05, 3.63) is 102 Å². The standard InChI is InChI=1S/C20H14O2S/c21-19-17-13-7-8-14-18(17)20(22-19,15-9-3-1-4-10-15)23-16-11-5-2-6-12-16/h1-14H/t20-/m0/s1. The van der Waals surface area contributed by atoms with Crippen molar-refractivity contribution in [3.8, 4) is 0 Å². The molecule has 3 aromatic carbocycles. The van der Waals surface area contributed by atoms with Crippen molar-refractivity contribution in [3.63, 3.8) is 0 Å². The molecule has 0 aliphatic carbocycles. The monoisotopic (exact) mass is 318 g/mol. The van der Waals surface area contributed by atoms with Crippen molar-refractivity contribution in [1.82, 2.24) is 0 Å². The summed E-state index contributed by atoms with van der Waals surface area (Å²) in [6, 6.07) is 27.6. The number of carbonyl (C=O) groups is 1. The molecular weight excluding hydrogens is 304 g/mol. The second-order valence-corrected chi connectivity index (χ2v) is 6.58. The number of thioether (sulfide) groups is 1. The van der Waals surface area contributed by atoms with Crippen LogP contribution in [0.1, 0.15) is 21.5 Å². The first-order chi connectivity index (χ1) is 11.3. The number of carbonyl (C=O) groups excluding carboxylic acids is 1. The maximum atomic E-state index is 12.4. The Morgan fingerprint density at radius 1 is 0.739 bits per heavy atom. The van der Waals surface area contributed by atoms with Crippen LogP contribution in [0, 0.1) is 0 Å². The molecule has 0 fully saturated rings. The molecule has 1 atom stereocenters. The van der Waals surface area contributed by atoms with Gasteiger partial charge in [0.1, 0.15) is 0 Å². The summed E-state index contributed by atoms with van der Waals surface area (Å²) in [6.45, 7) is 0. The summed E-state index contributed by atoms with van der Waals surface area (Å²) < 4.78 is 5.93. The highest BCUT2D eigenvalue weighted by atomic mass is 32.2. The van der Waals surface area contributed by atoms with Crippen LogP contribution in [0.3, 0.4) is 0 Å². The third-order valence-corrected chi connectivity index (χ3v) is 5.23. The summed E-state index contributed by atoms with van der Waals surface area (Å²) in [7, 11) is 0. The Bertz CT molecular complexity index is 846. The van der Waals surface area contributed by atoms with Gasteiger partial charge < -0.3 is 4.74 Å². The van der Waals surface area contributed by atoms with Gasteiger partial charge in [0, 0.05) is 16.0 Å². The molecule has 3 heteroatoms. The number of fused-ring (bicyclic) bond motifs is 1. The Morgan fingerprint density at radius 2 is 1.35 bits per heavy atom. The van der Waals surface area contributed by atoms with E-state index in [1.807, 2.05) is 84.9 Å². The van der Waals surface area contributed by atoms with Crippen molar-refractivity contribution in [2.45, 2.75) is 9.83 Å². The fourth-order valence-electron chi connectivity index (χ4n) is 2.85. The van der Waals surface area contributed by atoms with Crippen molar-refractivity contribution in [2.24, 2.45) is 0 Å². The van der Waals surface area contributed by atoms with E-state index in [9.17, 15) is 4.79 Å². The van der Waals surface area contributed by atoms with Crippen LogP contribution in [0.15, 0.2) is 89.8 Å². The lowest BCUT2D eigenvalue weighted by Crippen LogP contribution is -2.23. The van der Waals surface area contributed by atoms with E-state index >= 15 is 0 Å². The van der Waals surface area contributed by atoms with Gasteiger partial charge in [0.25, 0.3) is 0 Å². The van der Waals surface area contributed by atoms with Crippen LogP contribution in [-0.2, 0) is 9.67 Å². The fraction of sp³-hybridized carbons (Fsp3) is 0.0500. The maximum absolute atomic E-state index is 12.4. The molecule has 0 saturated carbocycles. The molecule has 0 aromatic heterocycles. The average molecular weight is 318 g/mol. The zero-order chi connectivity index (χ0) is 15.7. The van der Waals surface area contributed by atoms with Crippen molar-refractivity contribution >= 4 is 17.7 Å². The number of hydrogen-bond acceptors (Lipinski definition) is 3. The minimum Gasteiger partial charge on any atom is -0.435 e. The summed E-state index contributed by atoms with van der Waals surface area (Å²) in [4.78, 5) is 12.6. The first kappa shape index (κ1) is 14.1. The van der Waals surface area contributed by atoms with E-state index in [-0.39, 0.29) is 5.97 Å². The molecule has 0 bridgehead atoms. The van der Waals surface area contributed by atoms with Gasteiger partial charge in [-0.15, -0.1) is 0 Å². The van der Waals surface area contributed by atoms with E-state index in [0.717, 1.165) is 16.0 Å². The molecule has 1 heterocycles. The molecule has 112 valence electrons. The Hall–Kier alpha value is -2.52.